The van der Waals surface area contributed by atoms with Gasteiger partial charge in [-0.05, 0) is 37.5 Å². The molecule has 1 saturated carbocycles. The molecule has 1 aliphatic rings. The van der Waals surface area contributed by atoms with E-state index in [1.807, 2.05) is 12.1 Å². The van der Waals surface area contributed by atoms with Crippen molar-refractivity contribution in [1.29, 1.82) is 0 Å². The summed E-state index contributed by atoms with van der Waals surface area (Å²) in [4.78, 5) is 13.3. The highest BCUT2D eigenvalue weighted by molar-refractivity contribution is 5.91. The Labute approximate surface area is 113 Å². The number of carbonyl (C=O) groups excluding carboxylic acids is 1. The molecule has 0 aromatic carbocycles. The third-order valence-corrected chi connectivity index (χ3v) is 3.79. The average molecular weight is 263 g/mol. The van der Waals surface area contributed by atoms with Crippen LogP contribution in [0.5, 0.6) is 0 Å². The van der Waals surface area contributed by atoms with E-state index < -0.39 is 0 Å². The lowest BCUT2D eigenvalue weighted by atomic mass is 10.2. The van der Waals surface area contributed by atoms with Gasteiger partial charge in [0.2, 0.25) is 5.91 Å². The summed E-state index contributed by atoms with van der Waals surface area (Å²) >= 11 is 0. The quantitative estimate of drug-likeness (QED) is 0.829. The standard InChI is InChI=1S/C15H21NO3/c1-10-8-13(10)14-6-4-12(19-14)5-7-15(18)16(3)11(2)9-17/h4-7,10-11,13,17H,8-9H2,1-3H3/b7-5+. The molecule has 3 unspecified atom stereocenters. The van der Waals surface area contributed by atoms with Crippen LogP contribution in [-0.2, 0) is 4.79 Å². The van der Waals surface area contributed by atoms with Gasteiger partial charge in [-0.3, -0.25) is 4.79 Å². The maximum absolute atomic E-state index is 11.8. The number of hydrogen-bond donors (Lipinski definition) is 1. The minimum absolute atomic E-state index is 0.0411. The molecular formula is C15H21NO3. The molecule has 0 saturated heterocycles. The lowest BCUT2D eigenvalue weighted by molar-refractivity contribution is -0.127. The Morgan fingerprint density at radius 3 is 2.89 bits per heavy atom. The number of furan rings is 1. The van der Waals surface area contributed by atoms with Crippen LogP contribution in [0.15, 0.2) is 22.6 Å². The summed E-state index contributed by atoms with van der Waals surface area (Å²) in [6.45, 7) is 3.96. The summed E-state index contributed by atoms with van der Waals surface area (Å²) in [5.41, 5.74) is 0. The number of amides is 1. The Morgan fingerprint density at radius 1 is 1.63 bits per heavy atom. The first-order valence-corrected chi connectivity index (χ1v) is 6.68. The van der Waals surface area contributed by atoms with E-state index >= 15 is 0 Å². The normalized spacial score (nSPS) is 23.6. The highest BCUT2D eigenvalue weighted by Crippen LogP contribution is 2.47. The molecule has 1 heterocycles. The highest BCUT2D eigenvalue weighted by atomic mass is 16.3. The fourth-order valence-electron chi connectivity index (χ4n) is 1.99. The van der Waals surface area contributed by atoms with Gasteiger partial charge in [0.1, 0.15) is 11.5 Å². The largest absolute Gasteiger partial charge is 0.461 e. The molecular weight excluding hydrogens is 242 g/mol. The molecule has 1 aromatic heterocycles. The maximum Gasteiger partial charge on any atom is 0.246 e. The summed E-state index contributed by atoms with van der Waals surface area (Å²) in [6, 6.07) is 3.69. The Kier molecular flexibility index (Phi) is 4.10. The predicted octanol–water partition coefficient (Wildman–Crippen LogP) is 2.26. The lowest BCUT2D eigenvalue weighted by Crippen LogP contribution is -2.36. The third-order valence-electron chi connectivity index (χ3n) is 3.79. The zero-order valence-corrected chi connectivity index (χ0v) is 11.7. The van der Waals surface area contributed by atoms with Crippen LogP contribution < -0.4 is 0 Å². The van der Waals surface area contributed by atoms with E-state index in [-0.39, 0.29) is 18.6 Å². The fraction of sp³-hybridized carbons (Fsp3) is 0.533. The lowest BCUT2D eigenvalue weighted by Gasteiger charge is -2.21. The number of carbonyl (C=O) groups is 1. The first kappa shape index (κ1) is 13.9. The van der Waals surface area contributed by atoms with Crippen molar-refractivity contribution in [2.45, 2.75) is 32.2 Å². The van der Waals surface area contributed by atoms with Crippen molar-refractivity contribution in [3.05, 3.63) is 29.7 Å². The molecule has 2 rings (SSSR count). The summed E-state index contributed by atoms with van der Waals surface area (Å²) in [6.07, 6.45) is 4.34. The molecule has 0 spiro atoms. The van der Waals surface area contributed by atoms with Crippen molar-refractivity contribution in [3.63, 3.8) is 0 Å². The van der Waals surface area contributed by atoms with E-state index in [1.165, 1.54) is 17.4 Å². The van der Waals surface area contributed by atoms with Gasteiger partial charge in [0.25, 0.3) is 0 Å². The van der Waals surface area contributed by atoms with Gasteiger partial charge in [0, 0.05) is 19.0 Å². The molecule has 1 fully saturated rings. The van der Waals surface area contributed by atoms with Crippen molar-refractivity contribution < 1.29 is 14.3 Å². The molecule has 3 atom stereocenters. The van der Waals surface area contributed by atoms with Gasteiger partial charge in [-0.1, -0.05) is 6.92 Å². The van der Waals surface area contributed by atoms with Crippen molar-refractivity contribution in [3.8, 4) is 0 Å². The number of aliphatic hydroxyl groups excluding tert-OH is 1. The number of likely N-dealkylation sites (N-methyl/N-ethyl adjacent to an activating group) is 1. The fourth-order valence-corrected chi connectivity index (χ4v) is 1.99. The van der Waals surface area contributed by atoms with Gasteiger partial charge in [-0.15, -0.1) is 0 Å². The molecule has 1 aliphatic carbocycles. The van der Waals surface area contributed by atoms with Crippen molar-refractivity contribution in [2.24, 2.45) is 5.92 Å². The van der Waals surface area contributed by atoms with Gasteiger partial charge >= 0.3 is 0 Å². The number of hydrogen-bond acceptors (Lipinski definition) is 3. The number of rotatable bonds is 5. The smallest absolute Gasteiger partial charge is 0.246 e. The van der Waals surface area contributed by atoms with Gasteiger partial charge in [-0.2, -0.15) is 0 Å². The van der Waals surface area contributed by atoms with Crippen LogP contribution >= 0.6 is 0 Å². The SMILES string of the molecule is CC1CC1c1ccc(/C=C/C(=O)N(C)C(C)CO)o1. The monoisotopic (exact) mass is 263 g/mol. The second-order valence-corrected chi connectivity index (χ2v) is 5.37. The van der Waals surface area contributed by atoms with E-state index in [4.69, 9.17) is 9.52 Å². The second kappa shape index (κ2) is 5.61. The minimum Gasteiger partial charge on any atom is -0.461 e. The summed E-state index contributed by atoms with van der Waals surface area (Å²) in [5.74, 6) is 2.83. The van der Waals surface area contributed by atoms with E-state index in [0.717, 1.165) is 5.76 Å². The molecule has 19 heavy (non-hydrogen) atoms. The summed E-state index contributed by atoms with van der Waals surface area (Å²) in [7, 11) is 1.67. The first-order chi connectivity index (χ1) is 9.02. The van der Waals surface area contributed by atoms with E-state index in [9.17, 15) is 4.79 Å². The van der Waals surface area contributed by atoms with E-state index in [0.29, 0.717) is 17.6 Å². The van der Waals surface area contributed by atoms with E-state index in [1.54, 1.807) is 20.0 Å². The van der Waals surface area contributed by atoms with Gasteiger partial charge in [0.15, 0.2) is 0 Å². The summed E-state index contributed by atoms with van der Waals surface area (Å²) < 4.78 is 5.69. The molecule has 0 radical (unpaired) electrons. The van der Waals surface area contributed by atoms with Crippen molar-refractivity contribution >= 4 is 12.0 Å². The van der Waals surface area contributed by atoms with Gasteiger partial charge < -0.3 is 14.4 Å². The molecule has 4 nitrogen and oxygen atoms in total. The minimum atomic E-state index is -0.184. The maximum atomic E-state index is 11.8. The molecule has 0 bridgehead atoms. The van der Waals surface area contributed by atoms with Crippen LogP contribution in [0.3, 0.4) is 0 Å². The Balaban J connectivity index is 1.94. The topological polar surface area (TPSA) is 53.7 Å². The second-order valence-electron chi connectivity index (χ2n) is 5.37. The zero-order chi connectivity index (χ0) is 14.0. The van der Waals surface area contributed by atoms with Gasteiger partial charge in [-0.25, -0.2) is 0 Å². The highest BCUT2D eigenvalue weighted by Gasteiger charge is 2.36. The Morgan fingerprint density at radius 2 is 2.32 bits per heavy atom. The van der Waals surface area contributed by atoms with Gasteiger partial charge in [0.05, 0.1) is 12.6 Å². The number of aliphatic hydroxyl groups is 1. The van der Waals surface area contributed by atoms with Crippen LogP contribution in [0, 0.1) is 5.92 Å². The predicted molar refractivity (Wildman–Crippen MR) is 73.6 cm³/mol. The van der Waals surface area contributed by atoms with Crippen LogP contribution in [0.4, 0.5) is 0 Å². The van der Waals surface area contributed by atoms with E-state index in [2.05, 4.69) is 6.92 Å². The van der Waals surface area contributed by atoms with Crippen molar-refractivity contribution in [2.75, 3.05) is 13.7 Å². The molecule has 1 N–H and O–H groups in total. The Hall–Kier alpha value is -1.55. The molecule has 4 heteroatoms. The first-order valence-electron chi connectivity index (χ1n) is 6.68. The molecule has 1 amide bonds. The number of nitrogens with zero attached hydrogens (tertiary/aromatic N) is 1. The zero-order valence-electron chi connectivity index (χ0n) is 11.7. The summed E-state index contributed by atoms with van der Waals surface area (Å²) in [5, 5.41) is 9.00. The average Bonchev–Trinajstić information content (AvgIpc) is 2.96. The molecule has 104 valence electrons. The van der Waals surface area contributed by atoms with Crippen LogP contribution in [-0.4, -0.2) is 35.6 Å². The molecule has 1 aromatic rings. The van der Waals surface area contributed by atoms with Crippen LogP contribution in [0.1, 0.15) is 37.7 Å². The molecule has 0 aliphatic heterocycles. The van der Waals surface area contributed by atoms with Crippen LogP contribution in [0.25, 0.3) is 6.08 Å². The Bertz CT molecular complexity index is 477. The van der Waals surface area contributed by atoms with Crippen LogP contribution in [0.2, 0.25) is 0 Å². The van der Waals surface area contributed by atoms with Crippen molar-refractivity contribution in [1.82, 2.24) is 4.90 Å². The third kappa shape index (κ3) is 3.26.